The Morgan fingerprint density at radius 3 is 2.90 bits per heavy atom. The number of nitrogens with zero attached hydrogens (tertiary/aromatic N) is 3. The van der Waals surface area contributed by atoms with Crippen molar-refractivity contribution in [3.8, 4) is 0 Å². The van der Waals surface area contributed by atoms with Gasteiger partial charge in [-0.05, 0) is 82.0 Å². The molecule has 2 fully saturated rings. The number of pyridine rings is 2. The third-order valence-electron chi connectivity index (χ3n) is 8.26. The molecule has 3 unspecified atom stereocenters. The van der Waals surface area contributed by atoms with Crippen molar-refractivity contribution < 1.29 is 27.8 Å². The normalized spacial score (nSPS) is 22.7. The number of alkyl halides is 2. The highest BCUT2D eigenvalue weighted by Crippen LogP contribution is 2.41. The quantitative estimate of drug-likeness (QED) is 0.369. The van der Waals surface area contributed by atoms with Crippen LogP contribution in [-0.2, 0) is 22.4 Å². The number of hydrogen-bond donors (Lipinski definition) is 2. The number of rotatable bonds is 10. The summed E-state index contributed by atoms with van der Waals surface area (Å²) in [4.78, 5) is 22.8. The number of halogens is 3. The van der Waals surface area contributed by atoms with E-state index in [4.69, 9.17) is 4.74 Å². The van der Waals surface area contributed by atoms with E-state index in [1.807, 2.05) is 6.07 Å². The van der Waals surface area contributed by atoms with Crippen molar-refractivity contribution in [2.24, 2.45) is 5.92 Å². The Morgan fingerprint density at radius 2 is 2.10 bits per heavy atom. The molecule has 5 heterocycles. The Balaban J connectivity index is 1.20. The van der Waals surface area contributed by atoms with E-state index in [1.54, 1.807) is 0 Å². The Kier molecular flexibility index (Phi) is 8.71. The molecule has 7 nitrogen and oxygen atoms in total. The van der Waals surface area contributed by atoms with Crippen molar-refractivity contribution in [2.45, 2.75) is 82.3 Å². The molecule has 0 amide bonds. The first-order valence-corrected chi connectivity index (χ1v) is 14.2. The zero-order valence-corrected chi connectivity index (χ0v) is 22.2. The maximum atomic E-state index is 15.3. The van der Waals surface area contributed by atoms with E-state index in [2.05, 4.69) is 21.4 Å². The first kappa shape index (κ1) is 27.8. The highest BCUT2D eigenvalue weighted by atomic mass is 19.3. The van der Waals surface area contributed by atoms with Gasteiger partial charge in [-0.2, -0.15) is 0 Å². The molecule has 2 saturated heterocycles. The fourth-order valence-electron chi connectivity index (χ4n) is 6.14. The number of unbranched alkanes of at least 4 members (excludes halogenated alkanes) is 1. The summed E-state index contributed by atoms with van der Waals surface area (Å²) in [5, 5.41) is 13.4. The minimum atomic E-state index is -2.92. The highest BCUT2D eigenvalue weighted by Gasteiger charge is 2.46. The van der Waals surface area contributed by atoms with E-state index in [9.17, 15) is 14.3 Å². The standard InChI is InChI=1S/C29H37F3N4O3/c30-21-16-23(25(34-17-21)24-8-2-4-15-39-24)26(28(37)38)36-14-11-20(18-36)29(31,32)12-3-1-7-22-10-9-19-6-5-13-33-27(19)35-22/h9-10,16-17,20,24,26H,1-8,11-15,18H2,(H,33,35)(H,37,38). The number of carboxylic acid groups (broad SMARTS) is 1. The van der Waals surface area contributed by atoms with E-state index < -0.39 is 35.8 Å². The van der Waals surface area contributed by atoms with Gasteiger partial charge in [-0.1, -0.05) is 6.07 Å². The number of hydrogen-bond acceptors (Lipinski definition) is 6. The molecule has 39 heavy (non-hydrogen) atoms. The smallest absolute Gasteiger partial charge is 0.325 e. The van der Waals surface area contributed by atoms with Crippen LogP contribution in [0.25, 0.3) is 0 Å². The zero-order chi connectivity index (χ0) is 27.4. The van der Waals surface area contributed by atoms with Crippen LogP contribution >= 0.6 is 0 Å². The van der Waals surface area contributed by atoms with Crippen LogP contribution in [0.2, 0.25) is 0 Å². The van der Waals surface area contributed by atoms with E-state index in [0.717, 1.165) is 49.9 Å². The summed E-state index contributed by atoms with van der Waals surface area (Å²) in [6.45, 7) is 1.56. The molecule has 0 saturated carbocycles. The van der Waals surface area contributed by atoms with Crippen LogP contribution in [0.4, 0.5) is 19.0 Å². The second kappa shape index (κ2) is 12.2. The van der Waals surface area contributed by atoms with E-state index in [1.165, 1.54) is 16.5 Å². The molecule has 0 aromatic carbocycles. The van der Waals surface area contributed by atoms with Crippen LogP contribution in [0.1, 0.15) is 86.0 Å². The van der Waals surface area contributed by atoms with Crippen LogP contribution in [0.5, 0.6) is 0 Å². The Hall–Kier alpha value is -2.72. The fourth-order valence-corrected chi connectivity index (χ4v) is 6.14. The van der Waals surface area contributed by atoms with Gasteiger partial charge in [0.1, 0.15) is 17.7 Å². The third kappa shape index (κ3) is 6.54. The summed E-state index contributed by atoms with van der Waals surface area (Å²) in [5.41, 5.74) is 2.70. The van der Waals surface area contributed by atoms with Gasteiger partial charge in [-0.15, -0.1) is 0 Å². The number of carbonyl (C=O) groups is 1. The van der Waals surface area contributed by atoms with Crippen molar-refractivity contribution in [3.05, 3.63) is 52.7 Å². The summed E-state index contributed by atoms with van der Waals surface area (Å²) >= 11 is 0. The summed E-state index contributed by atoms with van der Waals surface area (Å²) < 4.78 is 50.6. The summed E-state index contributed by atoms with van der Waals surface area (Å²) in [6, 6.07) is 3.98. The van der Waals surface area contributed by atoms with Crippen molar-refractivity contribution in [3.63, 3.8) is 0 Å². The van der Waals surface area contributed by atoms with Gasteiger partial charge in [0.15, 0.2) is 0 Å². The molecule has 3 aliphatic rings. The predicted octanol–water partition coefficient (Wildman–Crippen LogP) is 5.71. The van der Waals surface area contributed by atoms with Gasteiger partial charge in [0.05, 0.1) is 18.0 Å². The monoisotopic (exact) mass is 546 g/mol. The average molecular weight is 547 g/mol. The molecular formula is C29H37F3N4O3. The number of aryl methyl sites for hydroxylation is 2. The number of aromatic nitrogens is 2. The third-order valence-corrected chi connectivity index (χ3v) is 8.26. The highest BCUT2D eigenvalue weighted by molar-refractivity contribution is 5.76. The second-order valence-corrected chi connectivity index (χ2v) is 11.0. The average Bonchev–Trinajstić information content (AvgIpc) is 3.42. The Bertz CT molecular complexity index is 1160. The Morgan fingerprint density at radius 1 is 1.23 bits per heavy atom. The first-order chi connectivity index (χ1) is 18.8. The molecule has 2 N–H and O–H groups in total. The summed E-state index contributed by atoms with van der Waals surface area (Å²) in [5.74, 6) is -4.81. The van der Waals surface area contributed by atoms with Gasteiger partial charge < -0.3 is 15.2 Å². The number of fused-ring (bicyclic) bond motifs is 1. The summed E-state index contributed by atoms with van der Waals surface area (Å²) in [6.07, 6.45) is 6.74. The molecule has 2 aromatic heterocycles. The number of anilines is 1. The molecule has 0 spiro atoms. The minimum Gasteiger partial charge on any atom is -0.480 e. The van der Waals surface area contributed by atoms with Gasteiger partial charge in [0.2, 0.25) is 0 Å². The lowest BCUT2D eigenvalue weighted by Gasteiger charge is -2.30. The molecular weight excluding hydrogens is 509 g/mol. The molecule has 212 valence electrons. The largest absolute Gasteiger partial charge is 0.480 e. The molecule has 0 radical (unpaired) electrons. The second-order valence-electron chi connectivity index (χ2n) is 11.0. The van der Waals surface area contributed by atoms with Crippen molar-refractivity contribution in [1.82, 2.24) is 14.9 Å². The molecule has 0 aliphatic carbocycles. The van der Waals surface area contributed by atoms with Crippen molar-refractivity contribution in [2.75, 3.05) is 31.6 Å². The van der Waals surface area contributed by atoms with Crippen LogP contribution in [-0.4, -0.2) is 58.1 Å². The van der Waals surface area contributed by atoms with Gasteiger partial charge in [0.25, 0.3) is 5.92 Å². The van der Waals surface area contributed by atoms with E-state index in [-0.39, 0.29) is 31.5 Å². The maximum Gasteiger partial charge on any atom is 0.325 e. The van der Waals surface area contributed by atoms with E-state index in [0.29, 0.717) is 38.0 Å². The van der Waals surface area contributed by atoms with Crippen molar-refractivity contribution >= 4 is 11.8 Å². The van der Waals surface area contributed by atoms with Crippen LogP contribution < -0.4 is 5.32 Å². The predicted molar refractivity (Wildman–Crippen MR) is 140 cm³/mol. The van der Waals surface area contributed by atoms with Crippen LogP contribution in [0, 0.1) is 11.7 Å². The number of nitrogens with one attached hydrogen (secondary N) is 1. The number of aliphatic carboxylic acids is 1. The summed E-state index contributed by atoms with van der Waals surface area (Å²) in [7, 11) is 0. The lowest BCUT2D eigenvalue weighted by Crippen LogP contribution is -2.36. The Labute approximate surface area is 227 Å². The van der Waals surface area contributed by atoms with E-state index >= 15 is 8.78 Å². The molecule has 0 bridgehead atoms. The number of ether oxygens (including phenoxy) is 1. The van der Waals surface area contributed by atoms with Crippen LogP contribution in [0.15, 0.2) is 24.4 Å². The molecule has 3 aliphatic heterocycles. The van der Waals surface area contributed by atoms with Crippen LogP contribution in [0.3, 0.4) is 0 Å². The SMILES string of the molecule is O=C(O)C(c1cc(F)cnc1C1CCCCO1)N1CCC(C(F)(F)CCCCc2ccc3c(n2)NCCC3)C1. The molecule has 10 heteroatoms. The van der Waals surface area contributed by atoms with Gasteiger partial charge in [0, 0.05) is 43.3 Å². The number of likely N-dealkylation sites (tertiary alicyclic amines) is 1. The zero-order valence-electron chi connectivity index (χ0n) is 22.2. The topological polar surface area (TPSA) is 87.6 Å². The lowest BCUT2D eigenvalue weighted by atomic mass is 9.94. The van der Waals surface area contributed by atoms with Crippen molar-refractivity contribution in [1.29, 1.82) is 0 Å². The molecule has 3 atom stereocenters. The van der Waals surface area contributed by atoms with Gasteiger partial charge in [-0.25, -0.2) is 18.2 Å². The van der Waals surface area contributed by atoms with Gasteiger partial charge in [-0.3, -0.25) is 14.7 Å². The first-order valence-electron chi connectivity index (χ1n) is 14.2. The molecule has 5 rings (SSSR count). The minimum absolute atomic E-state index is 0.0660. The lowest BCUT2D eigenvalue weighted by molar-refractivity contribution is -0.143. The maximum absolute atomic E-state index is 15.3. The molecule has 2 aromatic rings. The number of carboxylic acids is 1. The fraction of sp³-hybridized carbons (Fsp3) is 0.621. The van der Waals surface area contributed by atoms with Gasteiger partial charge >= 0.3 is 5.97 Å².